The molecule has 0 saturated carbocycles. The zero-order valence-electron chi connectivity index (χ0n) is 24.3. The van der Waals surface area contributed by atoms with Crippen LogP contribution in [0.2, 0.25) is 0 Å². The van der Waals surface area contributed by atoms with E-state index < -0.39 is 23.5 Å². The van der Waals surface area contributed by atoms with E-state index in [2.05, 4.69) is 30.2 Å². The molecule has 45 heavy (non-hydrogen) atoms. The summed E-state index contributed by atoms with van der Waals surface area (Å²) in [6.07, 6.45) is -5.60. The second kappa shape index (κ2) is 13.2. The summed E-state index contributed by atoms with van der Waals surface area (Å²) in [6.45, 7) is 7.42. The maximum atomic E-state index is 12.8. The lowest BCUT2D eigenvalue weighted by Gasteiger charge is -2.33. The Labute approximate surface area is 255 Å². The molecule has 0 radical (unpaired) electrons. The van der Waals surface area contributed by atoms with Gasteiger partial charge >= 0.3 is 12.4 Å². The normalized spacial score (nSPS) is 15.9. The van der Waals surface area contributed by atoms with Crippen molar-refractivity contribution in [3.8, 4) is 22.5 Å². The molecule has 2 aromatic heterocycles. The first-order valence-electron chi connectivity index (χ1n) is 14.3. The predicted molar refractivity (Wildman–Crippen MR) is 158 cm³/mol. The number of piperazine rings is 2. The smallest absolute Gasteiger partial charge is 0.340 e. The number of hydrogen-bond acceptors (Lipinski definition) is 6. The Morgan fingerprint density at radius 1 is 0.689 bits per heavy atom. The van der Waals surface area contributed by atoms with Gasteiger partial charge in [-0.15, -0.1) is 0 Å². The molecule has 2 aliphatic rings. The summed E-state index contributed by atoms with van der Waals surface area (Å²) < 4.78 is 76.7. The third-order valence-electron chi connectivity index (χ3n) is 7.57. The van der Waals surface area contributed by atoms with Gasteiger partial charge in [0.1, 0.15) is 0 Å². The zero-order valence-corrected chi connectivity index (χ0v) is 24.3. The first-order chi connectivity index (χ1) is 21.4. The van der Waals surface area contributed by atoms with Gasteiger partial charge in [0.05, 0.1) is 34.9 Å². The molecule has 4 aromatic rings. The summed E-state index contributed by atoms with van der Waals surface area (Å²) in [7, 11) is 0. The SMILES string of the molecule is CC(=O)N1CCN(c2ncc(-c3cccc(C(F)(F)F)c3)[nH]2)CC1.FC(F)(F)c1cccc(-c2cnc(N3CCNCC3)[nH]2)c1. The van der Waals surface area contributed by atoms with Crippen LogP contribution in [-0.4, -0.2) is 83.1 Å². The molecule has 9 nitrogen and oxygen atoms in total. The van der Waals surface area contributed by atoms with Crippen LogP contribution in [0.15, 0.2) is 60.9 Å². The van der Waals surface area contributed by atoms with Crippen LogP contribution in [0.4, 0.5) is 38.2 Å². The number of H-pyrrole nitrogens is 2. The van der Waals surface area contributed by atoms with E-state index in [0.717, 1.165) is 50.4 Å². The number of carbonyl (C=O) groups is 1. The number of aromatic amines is 2. The molecule has 4 heterocycles. The molecule has 0 unspecified atom stereocenters. The van der Waals surface area contributed by atoms with Crippen molar-refractivity contribution in [1.29, 1.82) is 0 Å². The lowest BCUT2D eigenvalue weighted by molar-refractivity contribution is -0.138. The van der Waals surface area contributed by atoms with Gasteiger partial charge in [-0.1, -0.05) is 24.3 Å². The van der Waals surface area contributed by atoms with Crippen molar-refractivity contribution in [3.05, 3.63) is 72.1 Å². The van der Waals surface area contributed by atoms with Gasteiger partial charge in [0.25, 0.3) is 0 Å². The molecule has 2 saturated heterocycles. The molecule has 2 aliphatic heterocycles. The second-order valence-electron chi connectivity index (χ2n) is 10.6. The van der Waals surface area contributed by atoms with E-state index in [1.165, 1.54) is 25.3 Å². The average molecular weight is 635 g/mol. The fraction of sp³-hybridized carbons (Fsp3) is 0.367. The number of aromatic nitrogens is 4. The monoisotopic (exact) mass is 634 g/mol. The van der Waals surface area contributed by atoms with E-state index in [1.54, 1.807) is 23.2 Å². The number of benzene rings is 2. The van der Waals surface area contributed by atoms with Crippen LogP contribution in [0, 0.1) is 0 Å². The predicted octanol–water partition coefficient (Wildman–Crippen LogP) is 5.27. The minimum atomic E-state index is -4.37. The molecular weight excluding hydrogens is 602 g/mol. The van der Waals surface area contributed by atoms with Gasteiger partial charge in [-0.3, -0.25) is 4.79 Å². The first kappa shape index (κ1) is 31.9. The average Bonchev–Trinajstić information content (AvgIpc) is 3.73. The van der Waals surface area contributed by atoms with Crippen molar-refractivity contribution >= 4 is 17.8 Å². The molecule has 2 fully saturated rings. The second-order valence-corrected chi connectivity index (χ2v) is 10.6. The molecule has 0 aliphatic carbocycles. The van der Waals surface area contributed by atoms with Crippen LogP contribution in [0.1, 0.15) is 18.1 Å². The summed E-state index contributed by atoms with van der Waals surface area (Å²) in [5, 5.41) is 3.24. The Morgan fingerprint density at radius 2 is 1.13 bits per heavy atom. The highest BCUT2D eigenvalue weighted by atomic mass is 19.4. The van der Waals surface area contributed by atoms with Crippen LogP contribution in [0.5, 0.6) is 0 Å². The number of nitrogens with zero attached hydrogens (tertiary/aromatic N) is 5. The van der Waals surface area contributed by atoms with Gasteiger partial charge < -0.3 is 30.0 Å². The summed E-state index contributed by atoms with van der Waals surface area (Å²) in [4.78, 5) is 31.8. The molecule has 240 valence electrons. The van der Waals surface area contributed by atoms with Gasteiger partial charge in [-0.25, -0.2) is 9.97 Å². The van der Waals surface area contributed by atoms with E-state index in [0.29, 0.717) is 60.6 Å². The minimum Gasteiger partial charge on any atom is -0.340 e. The standard InChI is InChI=1S/C16H17F3N4O.C14H15F3N4/c1-11(24)22-5-7-23(8-6-22)15-20-10-14(21-15)12-3-2-4-13(9-12)16(17,18)19;15-14(16,17)11-3-1-2-10(8-11)12-9-19-13(20-12)21-6-4-18-5-7-21/h2-4,9-10H,5-8H2,1H3,(H,20,21);1-3,8-9,18H,4-7H2,(H,19,20). The Bertz CT molecular complexity index is 1580. The summed E-state index contributed by atoms with van der Waals surface area (Å²) in [5.74, 6) is 1.34. The third kappa shape index (κ3) is 7.95. The van der Waals surface area contributed by atoms with Crippen molar-refractivity contribution in [2.24, 2.45) is 0 Å². The Hall–Kier alpha value is -4.53. The van der Waals surface area contributed by atoms with Crippen LogP contribution in [-0.2, 0) is 17.1 Å². The summed E-state index contributed by atoms with van der Waals surface area (Å²) >= 11 is 0. The van der Waals surface area contributed by atoms with Crippen molar-refractivity contribution in [2.45, 2.75) is 19.3 Å². The van der Waals surface area contributed by atoms with E-state index in [4.69, 9.17) is 0 Å². The first-order valence-corrected chi connectivity index (χ1v) is 14.3. The van der Waals surface area contributed by atoms with Crippen LogP contribution < -0.4 is 15.1 Å². The molecular formula is C30H32F6N8O. The highest BCUT2D eigenvalue weighted by Gasteiger charge is 2.31. The molecule has 15 heteroatoms. The van der Waals surface area contributed by atoms with Crippen LogP contribution >= 0.6 is 0 Å². The highest BCUT2D eigenvalue weighted by Crippen LogP contribution is 2.33. The molecule has 2 aromatic carbocycles. The number of alkyl halides is 6. The number of carbonyl (C=O) groups excluding carboxylic acids is 1. The number of halogens is 6. The molecule has 0 atom stereocenters. The number of amides is 1. The van der Waals surface area contributed by atoms with Crippen molar-refractivity contribution in [2.75, 3.05) is 62.2 Å². The van der Waals surface area contributed by atoms with Gasteiger partial charge in [0, 0.05) is 70.4 Å². The molecule has 0 bridgehead atoms. The fourth-order valence-electron chi connectivity index (χ4n) is 5.07. The summed E-state index contributed by atoms with van der Waals surface area (Å²) in [6, 6.07) is 10.4. The largest absolute Gasteiger partial charge is 0.416 e. The topological polar surface area (TPSA) is 96.2 Å². The van der Waals surface area contributed by atoms with E-state index in [-0.39, 0.29) is 5.91 Å². The van der Waals surface area contributed by atoms with E-state index in [9.17, 15) is 31.1 Å². The number of imidazole rings is 2. The highest BCUT2D eigenvalue weighted by molar-refractivity contribution is 5.73. The lowest BCUT2D eigenvalue weighted by Crippen LogP contribution is -2.48. The van der Waals surface area contributed by atoms with Crippen LogP contribution in [0.3, 0.4) is 0 Å². The molecule has 1 amide bonds. The fourth-order valence-corrected chi connectivity index (χ4v) is 5.07. The van der Waals surface area contributed by atoms with Crippen molar-refractivity contribution in [1.82, 2.24) is 30.2 Å². The maximum Gasteiger partial charge on any atom is 0.416 e. The zero-order chi connectivity index (χ0) is 32.2. The van der Waals surface area contributed by atoms with Crippen molar-refractivity contribution < 1.29 is 31.1 Å². The van der Waals surface area contributed by atoms with Gasteiger partial charge in [-0.05, 0) is 24.3 Å². The summed E-state index contributed by atoms with van der Waals surface area (Å²) in [5.41, 5.74) is 0.703. The van der Waals surface area contributed by atoms with E-state index >= 15 is 0 Å². The van der Waals surface area contributed by atoms with Gasteiger partial charge in [0.2, 0.25) is 17.8 Å². The Morgan fingerprint density at radius 3 is 1.56 bits per heavy atom. The van der Waals surface area contributed by atoms with E-state index in [1.807, 2.05) is 4.90 Å². The van der Waals surface area contributed by atoms with Gasteiger partial charge in [0.15, 0.2) is 0 Å². The third-order valence-corrected chi connectivity index (χ3v) is 7.57. The maximum absolute atomic E-state index is 12.8. The Balaban J connectivity index is 0.000000179. The number of anilines is 2. The minimum absolute atomic E-state index is 0.0405. The van der Waals surface area contributed by atoms with Gasteiger partial charge in [-0.2, -0.15) is 26.3 Å². The Kier molecular flexibility index (Phi) is 9.37. The lowest BCUT2D eigenvalue weighted by atomic mass is 10.1. The van der Waals surface area contributed by atoms with Crippen molar-refractivity contribution in [3.63, 3.8) is 0 Å². The number of nitrogens with one attached hydrogen (secondary N) is 3. The number of rotatable bonds is 4. The van der Waals surface area contributed by atoms with Crippen LogP contribution in [0.25, 0.3) is 22.5 Å². The molecule has 6 rings (SSSR count). The molecule has 0 spiro atoms. The quantitative estimate of drug-likeness (QED) is 0.265. The molecule has 3 N–H and O–H groups in total. The number of hydrogen-bond donors (Lipinski definition) is 3.